The van der Waals surface area contributed by atoms with Crippen LogP contribution < -0.4 is 0 Å². The van der Waals surface area contributed by atoms with Crippen molar-refractivity contribution in [1.82, 2.24) is 0 Å². The molecule has 2 heteroatoms. The Kier molecular flexibility index (Phi) is 4.83. The van der Waals surface area contributed by atoms with E-state index in [-0.39, 0.29) is 12.2 Å². The second-order valence-electron chi connectivity index (χ2n) is 3.72. The van der Waals surface area contributed by atoms with Crippen molar-refractivity contribution in [2.45, 2.75) is 39.0 Å². The first kappa shape index (κ1) is 11.7. The van der Waals surface area contributed by atoms with Gasteiger partial charge in [-0.1, -0.05) is 31.9 Å². The molecule has 0 aliphatic heterocycles. The fourth-order valence-electron chi connectivity index (χ4n) is 1.55. The summed E-state index contributed by atoms with van der Waals surface area (Å²) in [6, 6.07) is 7.16. The van der Waals surface area contributed by atoms with Crippen LogP contribution in [-0.2, 0) is 12.8 Å². The molecule has 0 heterocycles. The van der Waals surface area contributed by atoms with E-state index < -0.39 is 0 Å². The van der Waals surface area contributed by atoms with E-state index in [0.29, 0.717) is 5.56 Å². The van der Waals surface area contributed by atoms with E-state index in [1.54, 1.807) is 12.1 Å². The number of rotatable bonds is 5. The molecule has 80 valence electrons. The summed E-state index contributed by atoms with van der Waals surface area (Å²) >= 11 is 0. The van der Waals surface area contributed by atoms with E-state index in [4.69, 9.17) is 5.26 Å². The van der Waals surface area contributed by atoms with Gasteiger partial charge in [-0.05, 0) is 24.5 Å². The molecule has 0 bridgehead atoms. The number of nitriles is 1. The molecule has 1 aromatic rings. The van der Waals surface area contributed by atoms with Gasteiger partial charge in [-0.25, -0.2) is 4.39 Å². The lowest BCUT2D eigenvalue weighted by atomic mass is 10.0. The summed E-state index contributed by atoms with van der Waals surface area (Å²) in [6.45, 7) is 2.15. The Morgan fingerprint density at radius 3 is 2.73 bits per heavy atom. The van der Waals surface area contributed by atoms with E-state index >= 15 is 0 Å². The minimum absolute atomic E-state index is 0.154. The van der Waals surface area contributed by atoms with Gasteiger partial charge < -0.3 is 0 Å². The van der Waals surface area contributed by atoms with E-state index in [1.807, 2.05) is 12.1 Å². The average molecular weight is 205 g/mol. The molecule has 15 heavy (non-hydrogen) atoms. The lowest BCUT2D eigenvalue weighted by Crippen LogP contribution is -1.92. The summed E-state index contributed by atoms with van der Waals surface area (Å²) in [5.74, 6) is -0.245. The van der Waals surface area contributed by atoms with Crippen LogP contribution in [0.1, 0.15) is 37.3 Å². The van der Waals surface area contributed by atoms with Gasteiger partial charge >= 0.3 is 0 Å². The van der Waals surface area contributed by atoms with E-state index in [0.717, 1.165) is 18.4 Å². The van der Waals surface area contributed by atoms with Gasteiger partial charge in [-0.2, -0.15) is 5.26 Å². The summed E-state index contributed by atoms with van der Waals surface area (Å²) < 4.78 is 13.4. The summed E-state index contributed by atoms with van der Waals surface area (Å²) in [5.41, 5.74) is 1.53. The normalized spacial score (nSPS) is 9.93. The fourth-order valence-corrected chi connectivity index (χ4v) is 1.55. The van der Waals surface area contributed by atoms with Crippen molar-refractivity contribution in [2.24, 2.45) is 0 Å². The lowest BCUT2D eigenvalue weighted by molar-refractivity contribution is 0.611. The second kappa shape index (κ2) is 6.19. The van der Waals surface area contributed by atoms with Gasteiger partial charge in [0.1, 0.15) is 5.82 Å². The van der Waals surface area contributed by atoms with E-state index in [1.165, 1.54) is 12.8 Å². The molecule has 1 nitrogen and oxygen atoms in total. The lowest BCUT2D eigenvalue weighted by Gasteiger charge is -2.03. The van der Waals surface area contributed by atoms with Crippen LogP contribution in [0.2, 0.25) is 0 Å². The van der Waals surface area contributed by atoms with Gasteiger partial charge in [0.05, 0.1) is 12.5 Å². The third-order valence-corrected chi connectivity index (χ3v) is 2.46. The summed E-state index contributed by atoms with van der Waals surface area (Å²) in [6.07, 6.45) is 4.54. The molecule has 0 amide bonds. The van der Waals surface area contributed by atoms with E-state index in [2.05, 4.69) is 6.92 Å². The Labute approximate surface area is 90.5 Å². The molecule has 0 aromatic heterocycles. The molecule has 0 spiro atoms. The molecule has 1 aromatic carbocycles. The molecule has 0 saturated carbocycles. The molecule has 0 radical (unpaired) electrons. The maximum atomic E-state index is 13.4. The van der Waals surface area contributed by atoms with Gasteiger partial charge in [0.25, 0.3) is 0 Å². The minimum Gasteiger partial charge on any atom is -0.207 e. The molecule has 0 fully saturated rings. The number of hydrogen-bond donors (Lipinski definition) is 0. The van der Waals surface area contributed by atoms with Crippen molar-refractivity contribution < 1.29 is 4.39 Å². The maximum absolute atomic E-state index is 13.4. The molecule has 0 aliphatic carbocycles. The minimum atomic E-state index is -0.245. The number of unbranched alkanes of at least 4 members (excludes halogenated alkanes) is 2. The van der Waals surface area contributed by atoms with Gasteiger partial charge in [0.2, 0.25) is 0 Å². The molecule has 0 atom stereocenters. The van der Waals surface area contributed by atoms with Crippen LogP contribution in [0.15, 0.2) is 18.2 Å². The van der Waals surface area contributed by atoms with Crippen molar-refractivity contribution in [3.63, 3.8) is 0 Å². The quantitative estimate of drug-likeness (QED) is 0.673. The second-order valence-corrected chi connectivity index (χ2v) is 3.72. The first-order valence-corrected chi connectivity index (χ1v) is 5.42. The zero-order chi connectivity index (χ0) is 11.1. The molecule has 1 rings (SSSR count). The zero-order valence-corrected chi connectivity index (χ0v) is 9.09. The average Bonchev–Trinajstić information content (AvgIpc) is 2.23. The maximum Gasteiger partial charge on any atom is 0.127 e. The van der Waals surface area contributed by atoms with Crippen LogP contribution in [0.25, 0.3) is 0 Å². The molecule has 0 aliphatic rings. The first-order chi connectivity index (χ1) is 7.27. The highest BCUT2D eigenvalue weighted by Crippen LogP contribution is 2.13. The van der Waals surface area contributed by atoms with Gasteiger partial charge in [0, 0.05) is 5.56 Å². The van der Waals surface area contributed by atoms with Crippen LogP contribution in [-0.4, -0.2) is 0 Å². The summed E-state index contributed by atoms with van der Waals surface area (Å²) in [5, 5.41) is 8.47. The van der Waals surface area contributed by atoms with Crippen molar-refractivity contribution in [1.29, 1.82) is 5.26 Å². The van der Waals surface area contributed by atoms with Gasteiger partial charge in [-0.3, -0.25) is 0 Å². The van der Waals surface area contributed by atoms with Gasteiger partial charge in [-0.15, -0.1) is 0 Å². The van der Waals surface area contributed by atoms with Crippen LogP contribution in [0, 0.1) is 17.1 Å². The van der Waals surface area contributed by atoms with Crippen molar-refractivity contribution in [2.75, 3.05) is 0 Å². The Bertz CT molecular complexity index is 352. The molecular weight excluding hydrogens is 189 g/mol. The highest BCUT2D eigenvalue weighted by atomic mass is 19.1. The Morgan fingerprint density at radius 1 is 1.33 bits per heavy atom. The van der Waals surface area contributed by atoms with Crippen LogP contribution in [0.5, 0.6) is 0 Å². The topological polar surface area (TPSA) is 23.8 Å². The van der Waals surface area contributed by atoms with Crippen LogP contribution >= 0.6 is 0 Å². The van der Waals surface area contributed by atoms with Gasteiger partial charge in [0.15, 0.2) is 0 Å². The number of hydrogen-bond acceptors (Lipinski definition) is 1. The van der Waals surface area contributed by atoms with Crippen molar-refractivity contribution in [3.8, 4) is 6.07 Å². The Hall–Kier alpha value is -1.36. The summed E-state index contributed by atoms with van der Waals surface area (Å²) in [4.78, 5) is 0. The molecule has 0 unspecified atom stereocenters. The standard InChI is InChI=1S/C13H16FN/c1-2-3-4-5-11-6-7-12(8-9-15)13(14)10-11/h6-7,10H,2-5,8H2,1H3. The number of halogens is 1. The molecule has 0 N–H and O–H groups in total. The third-order valence-electron chi connectivity index (χ3n) is 2.46. The fraction of sp³-hybridized carbons (Fsp3) is 0.462. The number of benzene rings is 1. The predicted octanol–water partition coefficient (Wildman–Crippen LogP) is 3.62. The smallest absolute Gasteiger partial charge is 0.127 e. The van der Waals surface area contributed by atoms with Crippen LogP contribution in [0.4, 0.5) is 4.39 Å². The molecular formula is C13H16FN. The molecule has 0 saturated heterocycles. The summed E-state index contributed by atoms with van der Waals surface area (Å²) in [7, 11) is 0. The van der Waals surface area contributed by atoms with Crippen molar-refractivity contribution >= 4 is 0 Å². The monoisotopic (exact) mass is 205 g/mol. The van der Waals surface area contributed by atoms with Crippen LogP contribution in [0.3, 0.4) is 0 Å². The number of aryl methyl sites for hydroxylation is 1. The number of nitrogens with zero attached hydrogens (tertiary/aromatic N) is 1. The Balaban J connectivity index is 2.61. The predicted molar refractivity (Wildman–Crippen MR) is 58.9 cm³/mol. The third kappa shape index (κ3) is 3.71. The zero-order valence-electron chi connectivity index (χ0n) is 9.09. The SMILES string of the molecule is CCCCCc1ccc(CC#N)c(F)c1. The largest absolute Gasteiger partial charge is 0.207 e. The van der Waals surface area contributed by atoms with E-state index in [9.17, 15) is 4.39 Å². The van der Waals surface area contributed by atoms with Crippen molar-refractivity contribution in [3.05, 3.63) is 35.1 Å². The Morgan fingerprint density at radius 2 is 2.13 bits per heavy atom. The first-order valence-electron chi connectivity index (χ1n) is 5.42. The highest BCUT2D eigenvalue weighted by Gasteiger charge is 2.02. The highest BCUT2D eigenvalue weighted by molar-refractivity contribution is 5.26.